The van der Waals surface area contributed by atoms with Gasteiger partial charge in [0.2, 0.25) is 0 Å². The number of hydrogen-bond acceptors (Lipinski definition) is 4. The standard InChI is InChI=1S/C7H15NO4/c1-5(9)4-12-3-2-6(8)7(10)11/h5-6,9H,2-4,8H2,1H3,(H,10,11). The number of ether oxygens (including phenoxy) is 1. The van der Waals surface area contributed by atoms with E-state index in [9.17, 15) is 4.79 Å². The number of aliphatic carboxylic acids is 1. The molecule has 0 saturated heterocycles. The highest BCUT2D eigenvalue weighted by atomic mass is 16.5. The first-order valence-corrected chi connectivity index (χ1v) is 3.78. The van der Waals surface area contributed by atoms with Gasteiger partial charge in [-0.1, -0.05) is 0 Å². The van der Waals surface area contributed by atoms with Crippen molar-refractivity contribution in [3.8, 4) is 0 Å². The fourth-order valence-electron chi connectivity index (χ4n) is 0.588. The molecule has 72 valence electrons. The van der Waals surface area contributed by atoms with Gasteiger partial charge in [-0.25, -0.2) is 0 Å². The Morgan fingerprint density at radius 2 is 2.25 bits per heavy atom. The van der Waals surface area contributed by atoms with Gasteiger partial charge in [-0.05, 0) is 13.3 Å². The second-order valence-corrected chi connectivity index (χ2v) is 2.66. The smallest absolute Gasteiger partial charge is 0.320 e. The van der Waals surface area contributed by atoms with Gasteiger partial charge in [-0.2, -0.15) is 0 Å². The van der Waals surface area contributed by atoms with Crippen molar-refractivity contribution in [2.24, 2.45) is 5.73 Å². The molecule has 0 spiro atoms. The van der Waals surface area contributed by atoms with Gasteiger partial charge < -0.3 is 20.7 Å². The van der Waals surface area contributed by atoms with Crippen LogP contribution in [-0.4, -0.2) is 41.5 Å². The van der Waals surface area contributed by atoms with E-state index in [4.69, 9.17) is 20.7 Å². The molecule has 2 atom stereocenters. The van der Waals surface area contributed by atoms with E-state index in [1.807, 2.05) is 0 Å². The lowest BCUT2D eigenvalue weighted by Crippen LogP contribution is -2.31. The first kappa shape index (κ1) is 11.4. The summed E-state index contributed by atoms with van der Waals surface area (Å²) in [6.07, 6.45) is -0.256. The average molecular weight is 177 g/mol. The van der Waals surface area contributed by atoms with Gasteiger partial charge in [0, 0.05) is 6.61 Å². The molecule has 0 aromatic heterocycles. The predicted molar refractivity (Wildman–Crippen MR) is 42.7 cm³/mol. The number of hydrogen-bond donors (Lipinski definition) is 3. The van der Waals surface area contributed by atoms with Crippen LogP contribution in [0.25, 0.3) is 0 Å². The predicted octanol–water partition coefficient (Wildman–Crippen LogP) is -0.814. The molecule has 0 aromatic rings. The van der Waals surface area contributed by atoms with Gasteiger partial charge >= 0.3 is 5.97 Å². The Labute approximate surface area is 71.1 Å². The molecule has 2 unspecified atom stereocenters. The van der Waals surface area contributed by atoms with Crippen molar-refractivity contribution in [2.75, 3.05) is 13.2 Å². The Hall–Kier alpha value is -0.650. The Bertz CT molecular complexity index is 137. The molecule has 0 aliphatic rings. The highest BCUT2D eigenvalue weighted by Gasteiger charge is 2.10. The molecule has 0 bridgehead atoms. The SMILES string of the molecule is CC(O)COCCC(N)C(=O)O. The van der Waals surface area contributed by atoms with Gasteiger partial charge in [-0.3, -0.25) is 4.79 Å². The van der Waals surface area contributed by atoms with Crippen molar-refractivity contribution in [1.29, 1.82) is 0 Å². The molecule has 0 amide bonds. The van der Waals surface area contributed by atoms with Crippen LogP contribution in [0.2, 0.25) is 0 Å². The highest BCUT2D eigenvalue weighted by Crippen LogP contribution is 1.91. The molecule has 0 saturated carbocycles. The molecule has 0 aliphatic carbocycles. The third-order valence-corrected chi connectivity index (χ3v) is 1.25. The van der Waals surface area contributed by atoms with Gasteiger partial charge in [0.1, 0.15) is 6.04 Å². The van der Waals surface area contributed by atoms with Crippen LogP contribution in [0.4, 0.5) is 0 Å². The zero-order valence-corrected chi connectivity index (χ0v) is 7.06. The van der Waals surface area contributed by atoms with Gasteiger partial charge in [0.15, 0.2) is 0 Å². The van der Waals surface area contributed by atoms with E-state index in [1.54, 1.807) is 6.92 Å². The van der Waals surface area contributed by atoms with Crippen LogP contribution < -0.4 is 5.73 Å². The number of carbonyl (C=O) groups is 1. The Balaban J connectivity index is 3.25. The van der Waals surface area contributed by atoms with Gasteiger partial charge in [0.25, 0.3) is 0 Å². The lowest BCUT2D eigenvalue weighted by molar-refractivity contribution is -0.139. The summed E-state index contributed by atoms with van der Waals surface area (Å²) in [6, 6.07) is -0.876. The molecular formula is C7H15NO4. The van der Waals surface area contributed by atoms with Crippen LogP contribution in [0.1, 0.15) is 13.3 Å². The number of aliphatic hydroxyl groups is 1. The lowest BCUT2D eigenvalue weighted by atomic mass is 10.2. The lowest BCUT2D eigenvalue weighted by Gasteiger charge is -2.08. The zero-order chi connectivity index (χ0) is 9.56. The molecular weight excluding hydrogens is 162 g/mol. The summed E-state index contributed by atoms with van der Waals surface area (Å²) >= 11 is 0. The van der Waals surface area contributed by atoms with E-state index in [1.165, 1.54) is 0 Å². The maximum Gasteiger partial charge on any atom is 0.320 e. The summed E-state index contributed by atoms with van der Waals surface area (Å²) < 4.78 is 4.92. The molecule has 4 N–H and O–H groups in total. The van der Waals surface area contributed by atoms with Crippen LogP contribution in [0.5, 0.6) is 0 Å². The van der Waals surface area contributed by atoms with E-state index in [-0.39, 0.29) is 19.6 Å². The monoisotopic (exact) mass is 177 g/mol. The molecule has 0 aromatic carbocycles. The number of nitrogens with two attached hydrogens (primary N) is 1. The van der Waals surface area contributed by atoms with E-state index in [0.717, 1.165) is 0 Å². The van der Waals surface area contributed by atoms with E-state index >= 15 is 0 Å². The van der Waals surface area contributed by atoms with Crippen molar-refractivity contribution in [1.82, 2.24) is 0 Å². The Morgan fingerprint density at radius 1 is 1.67 bits per heavy atom. The normalized spacial score (nSPS) is 15.6. The maximum atomic E-state index is 10.2. The van der Waals surface area contributed by atoms with Crippen LogP contribution in [0.3, 0.4) is 0 Å². The highest BCUT2D eigenvalue weighted by molar-refractivity contribution is 5.72. The number of carboxylic acid groups (broad SMARTS) is 1. The van der Waals surface area contributed by atoms with Crippen LogP contribution in [0.15, 0.2) is 0 Å². The van der Waals surface area contributed by atoms with Crippen molar-refractivity contribution in [3.63, 3.8) is 0 Å². The fourth-order valence-corrected chi connectivity index (χ4v) is 0.588. The number of rotatable bonds is 6. The number of aliphatic hydroxyl groups excluding tert-OH is 1. The van der Waals surface area contributed by atoms with Crippen molar-refractivity contribution in [3.05, 3.63) is 0 Å². The fraction of sp³-hybridized carbons (Fsp3) is 0.857. The maximum absolute atomic E-state index is 10.2. The third kappa shape index (κ3) is 6.09. The summed E-state index contributed by atoms with van der Waals surface area (Å²) in [5, 5.41) is 17.1. The van der Waals surface area contributed by atoms with Crippen LogP contribution in [-0.2, 0) is 9.53 Å². The largest absolute Gasteiger partial charge is 0.480 e. The zero-order valence-electron chi connectivity index (χ0n) is 7.06. The summed E-state index contributed by atoms with van der Waals surface area (Å²) in [4.78, 5) is 10.2. The molecule has 0 fully saturated rings. The van der Waals surface area contributed by atoms with Crippen LogP contribution >= 0.6 is 0 Å². The summed E-state index contributed by atoms with van der Waals surface area (Å²) in [6.45, 7) is 2.07. The first-order chi connectivity index (χ1) is 5.54. The van der Waals surface area contributed by atoms with Gasteiger partial charge in [0.05, 0.1) is 12.7 Å². The molecule has 12 heavy (non-hydrogen) atoms. The van der Waals surface area contributed by atoms with E-state index in [0.29, 0.717) is 0 Å². The minimum absolute atomic E-state index is 0.215. The minimum Gasteiger partial charge on any atom is -0.480 e. The minimum atomic E-state index is -1.03. The molecule has 0 rings (SSSR count). The average Bonchev–Trinajstić information content (AvgIpc) is 1.97. The van der Waals surface area contributed by atoms with Crippen molar-refractivity contribution >= 4 is 5.97 Å². The summed E-state index contributed by atoms with van der Waals surface area (Å²) in [5.74, 6) is -1.03. The third-order valence-electron chi connectivity index (χ3n) is 1.25. The molecule has 0 aliphatic heterocycles. The topological polar surface area (TPSA) is 92.8 Å². The second kappa shape index (κ2) is 5.93. The van der Waals surface area contributed by atoms with E-state index < -0.39 is 18.1 Å². The Kier molecular flexibility index (Phi) is 5.61. The Morgan fingerprint density at radius 3 is 2.67 bits per heavy atom. The summed E-state index contributed by atoms with van der Waals surface area (Å²) in [7, 11) is 0. The molecule has 5 nitrogen and oxygen atoms in total. The van der Waals surface area contributed by atoms with Crippen LogP contribution in [0, 0.1) is 0 Å². The second-order valence-electron chi connectivity index (χ2n) is 2.66. The summed E-state index contributed by atoms with van der Waals surface area (Å²) in [5.41, 5.74) is 5.19. The molecule has 5 heteroatoms. The number of carboxylic acids is 1. The molecule has 0 heterocycles. The van der Waals surface area contributed by atoms with Crippen molar-refractivity contribution in [2.45, 2.75) is 25.5 Å². The van der Waals surface area contributed by atoms with Gasteiger partial charge in [-0.15, -0.1) is 0 Å². The quantitative estimate of drug-likeness (QED) is 0.461. The first-order valence-electron chi connectivity index (χ1n) is 3.78. The van der Waals surface area contributed by atoms with E-state index in [2.05, 4.69) is 0 Å². The molecule has 0 radical (unpaired) electrons. The van der Waals surface area contributed by atoms with Crippen molar-refractivity contribution < 1.29 is 19.7 Å².